The zero-order valence-electron chi connectivity index (χ0n) is 4.38. The molecule has 0 spiro atoms. The van der Waals surface area contributed by atoms with E-state index in [0.717, 1.165) is 0 Å². The van der Waals surface area contributed by atoms with Gasteiger partial charge in [-0.25, -0.2) is 0 Å². The van der Waals surface area contributed by atoms with E-state index < -0.39 is 19.5 Å². The van der Waals surface area contributed by atoms with Crippen molar-refractivity contribution in [1.29, 1.82) is 0 Å². The van der Waals surface area contributed by atoms with Crippen LogP contribution >= 0.6 is 0 Å². The first-order chi connectivity index (χ1) is 3.15. The Bertz CT molecular complexity index is 34.4. The summed E-state index contributed by atoms with van der Waals surface area (Å²) in [5, 5.41) is 8.06. The van der Waals surface area contributed by atoms with Crippen molar-refractivity contribution in [1.82, 2.24) is 0 Å². The predicted molar refractivity (Wildman–Crippen MR) is 20.3 cm³/mol. The maximum atomic E-state index is 8.61. The third kappa shape index (κ3) is 671. The van der Waals surface area contributed by atoms with Crippen molar-refractivity contribution in [3.05, 3.63) is 0 Å². The van der Waals surface area contributed by atoms with Crippen LogP contribution in [0.25, 0.3) is 0 Å². The zero-order chi connectivity index (χ0) is 6.28. The summed E-state index contributed by atoms with van der Waals surface area (Å²) in [7, 11) is 0. The molecule has 0 radical (unpaired) electrons. The quantitative estimate of drug-likeness (QED) is 0.455. The van der Waals surface area contributed by atoms with E-state index in [4.69, 9.17) is 12.1 Å². The summed E-state index contributed by atoms with van der Waals surface area (Å²) in [6.45, 7) is 3.44. The molecule has 0 heterocycles. The Labute approximate surface area is 52.1 Å². The molecule has 0 rings (SSSR count). The van der Waals surface area contributed by atoms with Gasteiger partial charge >= 0.3 is 26.5 Å². The second-order valence-corrected chi connectivity index (χ2v) is 1.47. The first-order valence-electron chi connectivity index (χ1n) is 1.84. The van der Waals surface area contributed by atoms with Crippen molar-refractivity contribution in [2.24, 2.45) is 0 Å². The molecule has 0 unspecified atom stereocenters. The van der Waals surface area contributed by atoms with Gasteiger partial charge in [0.05, 0.1) is 0 Å². The number of hydrogen-bond acceptors (Lipinski definition) is 2. The van der Waals surface area contributed by atoms with Crippen LogP contribution in [-0.2, 0) is 22.8 Å². The molecule has 0 aromatic heterocycles. The molecule has 0 saturated heterocycles. The van der Waals surface area contributed by atoms with Gasteiger partial charge in [-0.15, -0.1) is 0 Å². The molecule has 0 aromatic carbocycles. The Hall–Kier alpha value is 0.434. The molecule has 0 aromatic rings. The molecule has 0 atom stereocenters. The summed E-state index contributed by atoms with van der Waals surface area (Å²) in [4.78, 5) is 0. The second-order valence-electron chi connectivity index (χ2n) is 1.19. The van der Waals surface area contributed by atoms with Crippen LogP contribution in [0.2, 0.25) is 0 Å². The topological polar surface area (TPSA) is 57.5 Å². The average molecular weight is 141 g/mol. The molecular formula is C3H9O3Ti. The number of hydrogen-bond donors (Lipinski definition) is 2. The van der Waals surface area contributed by atoms with E-state index >= 15 is 0 Å². The van der Waals surface area contributed by atoms with Gasteiger partial charge in [-0.2, -0.15) is 0 Å². The predicted octanol–water partition coefficient (Wildman–Crippen LogP) is -0.291. The fraction of sp³-hybridized carbons (Fsp3) is 1.00. The second kappa shape index (κ2) is 9.66. The fourth-order valence-corrected chi connectivity index (χ4v) is 0. The molecule has 0 aliphatic rings. The minimum atomic E-state index is -1.75. The van der Waals surface area contributed by atoms with Gasteiger partial charge < -0.3 is 5.11 Å². The van der Waals surface area contributed by atoms with E-state index in [2.05, 4.69) is 0 Å². The molecule has 7 heavy (non-hydrogen) atoms. The van der Waals surface area contributed by atoms with Crippen LogP contribution in [0, 0.1) is 0 Å². The van der Waals surface area contributed by atoms with Gasteiger partial charge in [-0.1, -0.05) is 0 Å². The molecule has 0 amide bonds. The summed E-state index contributed by atoms with van der Waals surface area (Å²) in [5.41, 5.74) is 0. The van der Waals surface area contributed by atoms with Gasteiger partial charge in [0, 0.05) is 6.10 Å². The van der Waals surface area contributed by atoms with Gasteiger partial charge in [-0.05, 0) is 13.8 Å². The summed E-state index contributed by atoms with van der Waals surface area (Å²) in [6, 6.07) is 0. The summed E-state index contributed by atoms with van der Waals surface area (Å²) >= 11 is -1.75. The SMILES string of the molecule is CC(C)O.[O]=[Ti][OH]. The molecule has 4 heteroatoms. The number of aliphatic hydroxyl groups is 1. The third-order valence-corrected chi connectivity index (χ3v) is 0. The van der Waals surface area contributed by atoms with E-state index in [-0.39, 0.29) is 6.10 Å². The van der Waals surface area contributed by atoms with Crippen LogP contribution in [0.3, 0.4) is 0 Å². The van der Waals surface area contributed by atoms with Gasteiger partial charge in [0.25, 0.3) is 0 Å². The normalized spacial score (nSPS) is 6.43. The Morgan fingerprint density at radius 1 is 1.57 bits per heavy atom. The summed E-state index contributed by atoms with van der Waals surface area (Å²) in [5.74, 6) is 0. The van der Waals surface area contributed by atoms with Crippen molar-refractivity contribution in [3.63, 3.8) is 0 Å². The molecule has 0 saturated carbocycles. The fourth-order valence-electron chi connectivity index (χ4n) is 0. The van der Waals surface area contributed by atoms with Crippen molar-refractivity contribution >= 4 is 0 Å². The Kier molecular flexibility index (Phi) is 14.4. The van der Waals surface area contributed by atoms with Crippen LogP contribution < -0.4 is 0 Å². The van der Waals surface area contributed by atoms with Crippen LogP contribution in [0.1, 0.15) is 13.8 Å². The third-order valence-electron chi connectivity index (χ3n) is 0. The van der Waals surface area contributed by atoms with Gasteiger partial charge in [0.15, 0.2) is 0 Å². The van der Waals surface area contributed by atoms with Crippen molar-refractivity contribution < 1.29 is 31.6 Å². The Morgan fingerprint density at radius 2 is 1.57 bits per heavy atom. The van der Waals surface area contributed by atoms with Crippen LogP contribution in [-0.4, -0.2) is 14.9 Å². The van der Waals surface area contributed by atoms with Gasteiger partial charge in [-0.3, -0.25) is 0 Å². The van der Waals surface area contributed by atoms with E-state index in [1.54, 1.807) is 13.8 Å². The molecule has 43 valence electrons. The molecule has 2 N–H and O–H groups in total. The molecule has 0 aliphatic carbocycles. The van der Waals surface area contributed by atoms with E-state index in [9.17, 15) is 0 Å². The maximum absolute atomic E-state index is 8.61. The van der Waals surface area contributed by atoms with Crippen molar-refractivity contribution in [3.8, 4) is 0 Å². The first kappa shape index (κ1) is 10.4. The molecular weight excluding hydrogens is 132 g/mol. The van der Waals surface area contributed by atoms with Crippen molar-refractivity contribution in [2.75, 3.05) is 0 Å². The van der Waals surface area contributed by atoms with E-state index in [1.165, 1.54) is 0 Å². The van der Waals surface area contributed by atoms with Crippen LogP contribution in [0.4, 0.5) is 0 Å². The molecule has 0 bridgehead atoms. The standard InChI is InChI=1S/C3H8O.H2O.O.Ti/c1-3(2)4;;;/h3-4H,1-2H3;1H2;;/q;;;+1/p-1. The molecule has 3 nitrogen and oxygen atoms in total. The summed E-state index contributed by atoms with van der Waals surface area (Å²) in [6.07, 6.45) is -0.167. The Balaban J connectivity index is 0. The number of rotatable bonds is 0. The van der Waals surface area contributed by atoms with E-state index in [0.29, 0.717) is 0 Å². The Morgan fingerprint density at radius 3 is 1.57 bits per heavy atom. The molecule has 0 fully saturated rings. The van der Waals surface area contributed by atoms with E-state index in [1.807, 2.05) is 0 Å². The first-order valence-corrected chi connectivity index (χ1v) is 3.18. The van der Waals surface area contributed by atoms with Crippen LogP contribution in [0.5, 0.6) is 0 Å². The monoisotopic (exact) mass is 141 g/mol. The average Bonchev–Trinajstić information content (AvgIpc) is 1.33. The van der Waals surface area contributed by atoms with Gasteiger partial charge in [0.2, 0.25) is 0 Å². The zero-order valence-corrected chi connectivity index (χ0v) is 5.94. The minimum absolute atomic E-state index is 0.167. The molecule has 0 aliphatic heterocycles. The summed E-state index contributed by atoms with van der Waals surface area (Å²) < 4.78 is 15.8. The van der Waals surface area contributed by atoms with Crippen LogP contribution in [0.15, 0.2) is 0 Å². The number of aliphatic hydroxyl groups excluding tert-OH is 1. The van der Waals surface area contributed by atoms with Gasteiger partial charge in [0.1, 0.15) is 0 Å². The van der Waals surface area contributed by atoms with Crippen molar-refractivity contribution in [2.45, 2.75) is 20.0 Å².